The summed E-state index contributed by atoms with van der Waals surface area (Å²) in [5.74, 6) is -1.09. The molecule has 2 aromatic rings. The Balaban J connectivity index is 1.92. The zero-order valence-corrected chi connectivity index (χ0v) is 17.5. The number of hydrogen-bond acceptors (Lipinski definition) is 4. The summed E-state index contributed by atoms with van der Waals surface area (Å²) in [6.45, 7) is 7.77. The summed E-state index contributed by atoms with van der Waals surface area (Å²) >= 11 is 0. The highest BCUT2D eigenvalue weighted by Crippen LogP contribution is 2.31. The van der Waals surface area contributed by atoms with E-state index in [2.05, 4.69) is 0 Å². The highest BCUT2D eigenvalue weighted by Gasteiger charge is 2.47. The second kappa shape index (κ2) is 8.26. The van der Waals surface area contributed by atoms with Crippen LogP contribution in [0.4, 0.5) is 10.1 Å². The van der Waals surface area contributed by atoms with E-state index in [1.54, 1.807) is 45.0 Å². The summed E-state index contributed by atoms with van der Waals surface area (Å²) < 4.78 is 18.7. The van der Waals surface area contributed by atoms with Gasteiger partial charge in [-0.25, -0.2) is 9.29 Å². The quantitative estimate of drug-likeness (QED) is 0.701. The average Bonchev–Trinajstić information content (AvgIpc) is 2.96. The molecule has 1 saturated heterocycles. The smallest absolute Gasteiger partial charge is 0.257 e. The molecule has 3 rings (SSSR count). The van der Waals surface area contributed by atoms with Crippen molar-refractivity contribution in [2.24, 2.45) is 0 Å². The summed E-state index contributed by atoms with van der Waals surface area (Å²) in [6.07, 6.45) is -0.115. The fourth-order valence-electron chi connectivity index (χ4n) is 3.59. The summed E-state index contributed by atoms with van der Waals surface area (Å²) in [5.41, 5.74) is -0.0499. The molecule has 7 heteroatoms. The van der Waals surface area contributed by atoms with Crippen molar-refractivity contribution in [2.75, 3.05) is 11.5 Å². The molecule has 0 radical (unpaired) electrons. The zero-order chi connectivity index (χ0) is 22.1. The SMILES string of the molecule is CCOc1ccc(N2C(=O)CC(N(C(=O)c3ccc(F)cc3)C(C)(C)C)C2=O)cc1. The van der Waals surface area contributed by atoms with Gasteiger partial charge in [0.05, 0.1) is 18.7 Å². The Bertz CT molecular complexity index is 949. The number of benzene rings is 2. The van der Waals surface area contributed by atoms with E-state index in [1.807, 2.05) is 6.92 Å². The Morgan fingerprint density at radius 3 is 2.23 bits per heavy atom. The molecular formula is C23H25FN2O4. The first kappa shape index (κ1) is 21.5. The van der Waals surface area contributed by atoms with Crippen LogP contribution in [-0.4, -0.2) is 40.8 Å². The minimum Gasteiger partial charge on any atom is -0.494 e. The molecule has 1 fully saturated rings. The number of carbonyl (C=O) groups excluding carboxylic acids is 3. The van der Waals surface area contributed by atoms with E-state index >= 15 is 0 Å². The lowest BCUT2D eigenvalue weighted by Crippen LogP contribution is -2.54. The fourth-order valence-corrected chi connectivity index (χ4v) is 3.59. The first-order valence-corrected chi connectivity index (χ1v) is 9.82. The second-order valence-electron chi connectivity index (χ2n) is 8.07. The number of hydrogen-bond donors (Lipinski definition) is 0. The maximum Gasteiger partial charge on any atom is 0.257 e. The number of rotatable bonds is 5. The van der Waals surface area contributed by atoms with E-state index in [4.69, 9.17) is 4.74 Å². The highest BCUT2D eigenvalue weighted by atomic mass is 19.1. The normalized spacial score (nSPS) is 16.7. The summed E-state index contributed by atoms with van der Waals surface area (Å²) in [6, 6.07) is 10.9. The molecule has 0 spiro atoms. The average molecular weight is 412 g/mol. The van der Waals surface area contributed by atoms with Gasteiger partial charge in [0.2, 0.25) is 5.91 Å². The molecule has 1 heterocycles. The van der Waals surface area contributed by atoms with E-state index in [0.29, 0.717) is 18.0 Å². The number of amides is 3. The minimum atomic E-state index is -0.943. The Morgan fingerprint density at radius 1 is 1.10 bits per heavy atom. The van der Waals surface area contributed by atoms with Crippen molar-refractivity contribution in [3.63, 3.8) is 0 Å². The van der Waals surface area contributed by atoms with Gasteiger partial charge in [0, 0.05) is 11.1 Å². The summed E-state index contributed by atoms with van der Waals surface area (Å²) in [4.78, 5) is 41.7. The van der Waals surface area contributed by atoms with Crippen molar-refractivity contribution in [3.05, 3.63) is 59.9 Å². The topological polar surface area (TPSA) is 66.9 Å². The lowest BCUT2D eigenvalue weighted by atomic mass is 9.99. The molecule has 6 nitrogen and oxygen atoms in total. The van der Waals surface area contributed by atoms with Gasteiger partial charge in [-0.1, -0.05) is 0 Å². The van der Waals surface area contributed by atoms with Gasteiger partial charge in [-0.2, -0.15) is 0 Å². The molecule has 0 bridgehead atoms. The predicted molar refractivity (Wildman–Crippen MR) is 111 cm³/mol. The van der Waals surface area contributed by atoms with Gasteiger partial charge in [-0.3, -0.25) is 14.4 Å². The fraction of sp³-hybridized carbons (Fsp3) is 0.348. The van der Waals surface area contributed by atoms with Crippen LogP contribution < -0.4 is 9.64 Å². The van der Waals surface area contributed by atoms with Crippen molar-refractivity contribution in [1.82, 2.24) is 4.90 Å². The van der Waals surface area contributed by atoms with E-state index in [-0.39, 0.29) is 17.9 Å². The van der Waals surface area contributed by atoms with Crippen LogP contribution in [0.1, 0.15) is 44.5 Å². The molecule has 0 saturated carbocycles. The van der Waals surface area contributed by atoms with Gasteiger partial charge in [0.25, 0.3) is 11.8 Å². The number of ether oxygens (including phenoxy) is 1. The molecule has 0 aromatic heterocycles. The third-order valence-corrected chi connectivity index (χ3v) is 4.87. The maximum atomic E-state index is 13.3. The van der Waals surface area contributed by atoms with Gasteiger partial charge in [-0.05, 0) is 76.2 Å². The zero-order valence-electron chi connectivity index (χ0n) is 17.5. The predicted octanol–water partition coefficient (Wildman–Crippen LogP) is 3.80. The Hall–Kier alpha value is -3.22. The van der Waals surface area contributed by atoms with Gasteiger partial charge >= 0.3 is 0 Å². The second-order valence-corrected chi connectivity index (χ2v) is 8.07. The molecule has 0 aliphatic carbocycles. The van der Waals surface area contributed by atoms with Crippen LogP contribution in [-0.2, 0) is 9.59 Å². The Labute approximate surface area is 175 Å². The Morgan fingerprint density at radius 2 is 1.70 bits per heavy atom. The van der Waals surface area contributed by atoms with Gasteiger partial charge in [0.1, 0.15) is 17.6 Å². The first-order valence-electron chi connectivity index (χ1n) is 9.82. The standard InChI is InChI=1S/C23H25FN2O4/c1-5-30-18-12-10-17(11-13-18)25-20(27)14-19(22(25)29)26(23(2,3)4)21(28)15-6-8-16(24)9-7-15/h6-13,19H,5,14H2,1-4H3. The molecule has 1 aliphatic rings. The highest BCUT2D eigenvalue weighted by molar-refractivity contribution is 6.23. The van der Waals surface area contributed by atoms with Crippen LogP contribution in [0.2, 0.25) is 0 Å². The molecule has 1 unspecified atom stereocenters. The van der Waals surface area contributed by atoms with Crippen molar-refractivity contribution in [3.8, 4) is 5.75 Å². The van der Waals surface area contributed by atoms with Crippen molar-refractivity contribution in [1.29, 1.82) is 0 Å². The van der Waals surface area contributed by atoms with Gasteiger partial charge in [-0.15, -0.1) is 0 Å². The number of carbonyl (C=O) groups is 3. The third kappa shape index (κ3) is 4.20. The molecular weight excluding hydrogens is 387 g/mol. The van der Waals surface area contributed by atoms with E-state index in [1.165, 1.54) is 29.2 Å². The lowest BCUT2D eigenvalue weighted by molar-refractivity contribution is -0.123. The first-order chi connectivity index (χ1) is 14.1. The monoisotopic (exact) mass is 412 g/mol. The molecule has 158 valence electrons. The van der Waals surface area contributed by atoms with Gasteiger partial charge in [0.15, 0.2) is 0 Å². The van der Waals surface area contributed by atoms with Crippen LogP contribution in [0.5, 0.6) is 5.75 Å². The van der Waals surface area contributed by atoms with Crippen LogP contribution in [0.3, 0.4) is 0 Å². The lowest BCUT2D eigenvalue weighted by Gasteiger charge is -2.39. The van der Waals surface area contributed by atoms with Crippen LogP contribution in [0.15, 0.2) is 48.5 Å². The molecule has 0 N–H and O–H groups in total. The minimum absolute atomic E-state index is 0.115. The van der Waals surface area contributed by atoms with Crippen LogP contribution in [0.25, 0.3) is 0 Å². The molecule has 1 atom stereocenters. The molecule has 30 heavy (non-hydrogen) atoms. The largest absolute Gasteiger partial charge is 0.494 e. The number of imide groups is 1. The van der Waals surface area contributed by atoms with E-state index in [0.717, 1.165) is 4.90 Å². The number of anilines is 1. The molecule has 1 aliphatic heterocycles. The van der Waals surface area contributed by atoms with Gasteiger partial charge < -0.3 is 9.64 Å². The summed E-state index contributed by atoms with van der Waals surface area (Å²) in [5, 5.41) is 0. The number of halogens is 1. The van der Waals surface area contributed by atoms with Crippen LogP contribution in [0, 0.1) is 5.82 Å². The van der Waals surface area contributed by atoms with Crippen molar-refractivity contribution >= 4 is 23.4 Å². The molecule has 3 amide bonds. The van der Waals surface area contributed by atoms with Crippen LogP contribution >= 0.6 is 0 Å². The Kier molecular flexibility index (Phi) is 5.92. The maximum absolute atomic E-state index is 13.3. The van der Waals surface area contributed by atoms with Crippen molar-refractivity contribution < 1.29 is 23.5 Å². The third-order valence-electron chi connectivity index (χ3n) is 4.87. The molecule has 2 aromatic carbocycles. The summed E-state index contributed by atoms with van der Waals surface area (Å²) in [7, 11) is 0. The number of nitrogens with zero attached hydrogens (tertiary/aromatic N) is 2. The van der Waals surface area contributed by atoms with E-state index in [9.17, 15) is 18.8 Å². The van der Waals surface area contributed by atoms with Crippen molar-refractivity contribution in [2.45, 2.75) is 45.7 Å². The van der Waals surface area contributed by atoms with E-state index < -0.39 is 29.2 Å².